The van der Waals surface area contributed by atoms with E-state index in [1.165, 1.54) is 4.90 Å². The molecule has 0 aromatic carbocycles. The van der Waals surface area contributed by atoms with Gasteiger partial charge in [-0.05, 0) is 38.3 Å². The highest BCUT2D eigenvalue weighted by molar-refractivity contribution is 5.93. The number of piperidine rings is 1. The molecule has 0 bridgehead atoms. The Morgan fingerprint density at radius 2 is 2.05 bits per heavy atom. The summed E-state index contributed by atoms with van der Waals surface area (Å²) in [5.74, 6) is 0.894. The van der Waals surface area contributed by atoms with Crippen molar-refractivity contribution in [3.8, 4) is 0 Å². The molecule has 1 fully saturated rings. The van der Waals surface area contributed by atoms with Crippen LogP contribution >= 0.6 is 0 Å². The Morgan fingerprint density at radius 1 is 1.30 bits per heavy atom. The molecular weight excluding hydrogens is 254 g/mol. The van der Waals surface area contributed by atoms with Gasteiger partial charge in [-0.2, -0.15) is 0 Å². The zero-order chi connectivity index (χ0) is 14.7. The second-order valence-corrected chi connectivity index (χ2v) is 5.42. The third-order valence-corrected chi connectivity index (χ3v) is 3.67. The number of Topliss-reactive ketones (excluding diaryl/α,β-unsaturated/α-hetero) is 1. The summed E-state index contributed by atoms with van der Waals surface area (Å²) in [4.78, 5) is 31.5. The molecule has 20 heavy (non-hydrogen) atoms. The van der Waals surface area contributed by atoms with E-state index in [0.717, 1.165) is 31.6 Å². The van der Waals surface area contributed by atoms with Gasteiger partial charge in [0, 0.05) is 26.8 Å². The molecule has 0 N–H and O–H groups in total. The van der Waals surface area contributed by atoms with E-state index in [0.29, 0.717) is 5.56 Å². The molecule has 1 unspecified atom stereocenters. The summed E-state index contributed by atoms with van der Waals surface area (Å²) in [6.07, 6.45) is 4.63. The van der Waals surface area contributed by atoms with Crippen molar-refractivity contribution in [2.75, 3.05) is 25.5 Å². The first-order valence-electron chi connectivity index (χ1n) is 6.95. The van der Waals surface area contributed by atoms with Crippen LogP contribution in [0.2, 0.25) is 0 Å². The average molecular weight is 275 g/mol. The van der Waals surface area contributed by atoms with E-state index in [9.17, 15) is 9.59 Å². The Morgan fingerprint density at radius 3 is 2.60 bits per heavy atom. The van der Waals surface area contributed by atoms with E-state index in [1.807, 2.05) is 6.07 Å². The van der Waals surface area contributed by atoms with Gasteiger partial charge in [-0.25, -0.2) is 4.98 Å². The number of carbonyl (C=O) groups excluding carboxylic acids is 2. The number of aromatic nitrogens is 1. The van der Waals surface area contributed by atoms with Gasteiger partial charge >= 0.3 is 0 Å². The fraction of sp³-hybridized carbons (Fsp3) is 0.533. The first kappa shape index (κ1) is 14.5. The highest BCUT2D eigenvalue weighted by atomic mass is 16.2. The molecule has 1 aromatic rings. The maximum atomic E-state index is 11.8. The van der Waals surface area contributed by atoms with Gasteiger partial charge in [-0.15, -0.1) is 0 Å². The van der Waals surface area contributed by atoms with Crippen LogP contribution in [0.15, 0.2) is 18.3 Å². The molecular formula is C15H21N3O2. The fourth-order valence-electron chi connectivity index (χ4n) is 2.57. The summed E-state index contributed by atoms with van der Waals surface area (Å²) in [6, 6.07) is 3.53. The first-order valence-corrected chi connectivity index (χ1v) is 6.95. The van der Waals surface area contributed by atoms with Gasteiger partial charge in [-0.1, -0.05) is 0 Å². The lowest BCUT2D eigenvalue weighted by molar-refractivity contribution is -0.118. The predicted molar refractivity (Wildman–Crippen MR) is 77.9 cm³/mol. The number of amides is 1. The molecule has 108 valence electrons. The maximum Gasteiger partial charge on any atom is 0.254 e. The Balaban J connectivity index is 2.20. The molecule has 1 saturated heterocycles. The molecule has 0 aliphatic carbocycles. The fourth-order valence-corrected chi connectivity index (χ4v) is 2.57. The lowest BCUT2D eigenvalue weighted by Crippen LogP contribution is -2.44. The number of carbonyl (C=O) groups is 2. The molecule has 5 heteroatoms. The monoisotopic (exact) mass is 275 g/mol. The highest BCUT2D eigenvalue weighted by Crippen LogP contribution is 2.23. The van der Waals surface area contributed by atoms with Crippen LogP contribution in [-0.2, 0) is 4.79 Å². The second kappa shape index (κ2) is 6.03. The zero-order valence-corrected chi connectivity index (χ0v) is 12.3. The molecule has 2 rings (SSSR count). The second-order valence-electron chi connectivity index (χ2n) is 5.42. The van der Waals surface area contributed by atoms with E-state index >= 15 is 0 Å². The van der Waals surface area contributed by atoms with Gasteiger partial charge in [0.1, 0.15) is 5.82 Å². The van der Waals surface area contributed by atoms with Crippen molar-refractivity contribution in [3.63, 3.8) is 0 Å². The molecule has 1 atom stereocenters. The normalized spacial score (nSPS) is 18.8. The molecule has 0 radical (unpaired) electrons. The molecule has 5 nitrogen and oxygen atoms in total. The number of ketones is 1. The van der Waals surface area contributed by atoms with Crippen molar-refractivity contribution in [1.82, 2.24) is 9.88 Å². The Kier molecular flexibility index (Phi) is 4.37. The Bertz CT molecular complexity index is 496. The lowest BCUT2D eigenvalue weighted by Gasteiger charge is -2.35. The van der Waals surface area contributed by atoms with Crippen molar-refractivity contribution in [1.29, 1.82) is 0 Å². The van der Waals surface area contributed by atoms with Crippen molar-refractivity contribution in [3.05, 3.63) is 23.9 Å². The minimum Gasteiger partial charge on any atom is -0.347 e. The maximum absolute atomic E-state index is 11.8. The largest absolute Gasteiger partial charge is 0.347 e. The smallest absolute Gasteiger partial charge is 0.254 e. The third kappa shape index (κ3) is 2.98. The van der Waals surface area contributed by atoms with E-state index < -0.39 is 0 Å². The summed E-state index contributed by atoms with van der Waals surface area (Å²) in [7, 11) is 3.43. The van der Waals surface area contributed by atoms with Crippen LogP contribution in [0.3, 0.4) is 0 Å². The number of anilines is 1. The number of nitrogens with zero attached hydrogens (tertiary/aromatic N) is 3. The molecule has 0 spiro atoms. The number of rotatable bonds is 3. The van der Waals surface area contributed by atoms with Crippen LogP contribution < -0.4 is 4.90 Å². The van der Waals surface area contributed by atoms with E-state index in [-0.39, 0.29) is 17.7 Å². The summed E-state index contributed by atoms with van der Waals surface area (Å²) < 4.78 is 0. The van der Waals surface area contributed by atoms with Crippen LogP contribution in [0.4, 0.5) is 5.82 Å². The lowest BCUT2D eigenvalue weighted by atomic mass is 9.99. The van der Waals surface area contributed by atoms with Gasteiger partial charge in [0.2, 0.25) is 0 Å². The standard InChI is InChI=1S/C15H21N3O2/c1-11(19)13-6-4-5-9-18(13)14-8-7-12(10-16-14)15(20)17(2)3/h7-8,10,13H,4-6,9H2,1-3H3. The SMILES string of the molecule is CC(=O)C1CCCCN1c1ccc(C(=O)N(C)C)cn1. The number of hydrogen-bond donors (Lipinski definition) is 0. The van der Waals surface area contributed by atoms with E-state index in [2.05, 4.69) is 9.88 Å². The van der Waals surface area contributed by atoms with Gasteiger partial charge < -0.3 is 9.80 Å². The quantitative estimate of drug-likeness (QED) is 0.843. The predicted octanol–water partition coefficient (Wildman–Crippen LogP) is 1.73. The molecule has 0 saturated carbocycles. The Labute approximate surface area is 119 Å². The third-order valence-electron chi connectivity index (χ3n) is 3.67. The van der Waals surface area contributed by atoms with Crippen molar-refractivity contribution in [2.45, 2.75) is 32.2 Å². The molecule has 1 aliphatic heterocycles. The number of hydrogen-bond acceptors (Lipinski definition) is 4. The molecule has 1 aromatic heterocycles. The summed E-state index contributed by atoms with van der Waals surface area (Å²) in [5, 5.41) is 0. The van der Waals surface area contributed by atoms with E-state index in [1.54, 1.807) is 33.3 Å². The van der Waals surface area contributed by atoms with Crippen LogP contribution in [0, 0.1) is 0 Å². The van der Waals surface area contributed by atoms with Crippen LogP contribution in [0.25, 0.3) is 0 Å². The van der Waals surface area contributed by atoms with Crippen molar-refractivity contribution in [2.24, 2.45) is 0 Å². The summed E-state index contributed by atoms with van der Waals surface area (Å²) in [5.41, 5.74) is 0.565. The zero-order valence-electron chi connectivity index (χ0n) is 12.3. The van der Waals surface area contributed by atoms with Gasteiger partial charge in [-0.3, -0.25) is 9.59 Å². The topological polar surface area (TPSA) is 53.5 Å². The van der Waals surface area contributed by atoms with Crippen molar-refractivity contribution >= 4 is 17.5 Å². The highest BCUT2D eigenvalue weighted by Gasteiger charge is 2.27. The van der Waals surface area contributed by atoms with Crippen LogP contribution in [0.5, 0.6) is 0 Å². The van der Waals surface area contributed by atoms with Crippen LogP contribution in [0.1, 0.15) is 36.5 Å². The summed E-state index contributed by atoms with van der Waals surface area (Å²) >= 11 is 0. The molecule has 2 heterocycles. The summed E-state index contributed by atoms with van der Waals surface area (Å²) in [6.45, 7) is 2.48. The Hall–Kier alpha value is -1.91. The van der Waals surface area contributed by atoms with Gasteiger partial charge in [0.15, 0.2) is 5.78 Å². The molecule has 1 aliphatic rings. The van der Waals surface area contributed by atoms with E-state index in [4.69, 9.17) is 0 Å². The average Bonchev–Trinajstić information content (AvgIpc) is 2.46. The number of pyridine rings is 1. The minimum atomic E-state index is -0.0772. The minimum absolute atomic E-state index is 0.0641. The van der Waals surface area contributed by atoms with Crippen molar-refractivity contribution < 1.29 is 9.59 Å². The first-order chi connectivity index (χ1) is 9.50. The molecule has 1 amide bonds. The van der Waals surface area contributed by atoms with Gasteiger partial charge in [0.25, 0.3) is 5.91 Å². The van der Waals surface area contributed by atoms with Crippen LogP contribution in [-0.4, -0.2) is 48.3 Å². The van der Waals surface area contributed by atoms with Gasteiger partial charge in [0.05, 0.1) is 11.6 Å².